The first-order valence-corrected chi connectivity index (χ1v) is 17.1. The fraction of sp³-hybridized carbons (Fsp3) is 0.476. The molecule has 5 N–H and O–H groups in total. The lowest BCUT2D eigenvalue weighted by Crippen LogP contribution is -2.35. The van der Waals surface area contributed by atoms with Gasteiger partial charge in [-0.15, -0.1) is 0 Å². The molecule has 3 saturated heterocycles. The number of nitrogens with zero attached hydrogens (tertiary/aromatic N) is 6. The summed E-state index contributed by atoms with van der Waals surface area (Å²) in [5.74, 6) is -1.00. The molecule has 0 radical (unpaired) electrons. The molecule has 45 heavy (non-hydrogen) atoms. The number of aliphatic hydroxyl groups is 1. The van der Waals surface area contributed by atoms with Crippen LogP contribution in [0.2, 0.25) is 0 Å². The van der Waals surface area contributed by atoms with Crippen LogP contribution in [0.5, 0.6) is 0 Å². The second-order valence-corrected chi connectivity index (χ2v) is 14.4. The minimum atomic E-state index is -5.16. The van der Waals surface area contributed by atoms with Crippen molar-refractivity contribution >= 4 is 54.9 Å². The van der Waals surface area contributed by atoms with Crippen molar-refractivity contribution in [3.8, 4) is 0 Å². The van der Waals surface area contributed by atoms with Crippen LogP contribution in [-0.4, -0.2) is 94.0 Å². The Morgan fingerprint density at radius 1 is 1.02 bits per heavy atom. The quantitative estimate of drug-likeness (QED) is 0.143. The number of phosphoric acid groups is 1. The fourth-order valence-electron chi connectivity index (χ4n) is 5.37. The van der Waals surface area contributed by atoms with Gasteiger partial charge in [-0.25, -0.2) is 37.8 Å². The van der Waals surface area contributed by atoms with Crippen molar-refractivity contribution in [1.82, 2.24) is 34.1 Å². The molecule has 2 bridgehead atoms. The topological polar surface area (TPSA) is 250 Å². The molecule has 10 atom stereocenters. The van der Waals surface area contributed by atoms with Crippen LogP contribution in [0.4, 0.5) is 14.6 Å². The van der Waals surface area contributed by atoms with E-state index in [1.54, 1.807) is 0 Å². The number of nitrogens with one attached hydrogen (secondary N) is 1. The highest BCUT2D eigenvalue weighted by atomic mass is 32.7. The molecule has 24 heteroatoms. The highest BCUT2D eigenvalue weighted by molar-refractivity contribution is 8.44. The van der Waals surface area contributed by atoms with Gasteiger partial charge >= 0.3 is 14.6 Å². The Morgan fingerprint density at radius 2 is 1.78 bits per heavy atom. The molecule has 7 heterocycles. The van der Waals surface area contributed by atoms with E-state index in [-0.39, 0.29) is 22.6 Å². The average Bonchev–Trinajstić information content (AvgIpc) is 3.71. The summed E-state index contributed by atoms with van der Waals surface area (Å²) in [5.41, 5.74) is 4.97. The average molecular weight is 694 g/mol. The second kappa shape index (κ2) is 11.1. The number of anilines is 1. The lowest BCUT2D eigenvalue weighted by molar-refractivity contribution is -0.0628. The number of aromatic amines is 1. The molecule has 0 amide bonds. The number of nitrogens with two attached hydrogens (primary N) is 1. The Kier molecular flexibility index (Phi) is 7.61. The van der Waals surface area contributed by atoms with Gasteiger partial charge in [0.25, 0.3) is 5.56 Å². The lowest BCUT2D eigenvalue weighted by Gasteiger charge is -2.26. The number of hydrogen-bond acceptors (Lipinski definition) is 15. The van der Waals surface area contributed by atoms with E-state index in [9.17, 15) is 28.3 Å². The zero-order valence-electron chi connectivity index (χ0n) is 22.3. The van der Waals surface area contributed by atoms with Crippen molar-refractivity contribution in [3.05, 3.63) is 41.3 Å². The maximum absolute atomic E-state index is 15.9. The number of halogens is 2. The van der Waals surface area contributed by atoms with Gasteiger partial charge in [0.2, 0.25) is 0 Å². The van der Waals surface area contributed by atoms with Gasteiger partial charge in [0.05, 0.1) is 25.9 Å². The van der Waals surface area contributed by atoms with E-state index in [0.29, 0.717) is 0 Å². The fourth-order valence-corrected chi connectivity index (χ4v) is 7.79. The normalized spacial score (nSPS) is 37.7. The van der Waals surface area contributed by atoms with Crippen LogP contribution in [0.1, 0.15) is 12.5 Å². The number of fused-ring (bicyclic) bond motifs is 5. The second-order valence-electron chi connectivity index (χ2n) is 10.1. The molecule has 1 unspecified atom stereocenters. The molecule has 19 nitrogen and oxygen atoms in total. The van der Waals surface area contributed by atoms with Gasteiger partial charge in [0.15, 0.2) is 41.6 Å². The Labute approximate surface area is 253 Å². The van der Waals surface area contributed by atoms with Crippen molar-refractivity contribution in [2.45, 2.75) is 49.1 Å². The predicted molar refractivity (Wildman–Crippen MR) is 147 cm³/mol. The van der Waals surface area contributed by atoms with E-state index < -0.39 is 93.7 Å². The largest absolute Gasteiger partial charge is 0.472 e. The number of thiol groups is 1. The number of hydrogen-bond donors (Lipinski definition) is 5. The van der Waals surface area contributed by atoms with Gasteiger partial charge in [0.1, 0.15) is 47.8 Å². The lowest BCUT2D eigenvalue weighted by atomic mass is 10.1. The van der Waals surface area contributed by atoms with Crippen molar-refractivity contribution < 1.29 is 55.5 Å². The number of nitrogen functional groups attached to an aromatic ring is 1. The van der Waals surface area contributed by atoms with Crippen LogP contribution < -0.4 is 11.3 Å². The van der Waals surface area contributed by atoms with E-state index in [2.05, 4.69) is 37.2 Å². The number of imidazole rings is 1. The minimum Gasteiger partial charge on any atom is -0.387 e. The van der Waals surface area contributed by atoms with Gasteiger partial charge in [-0.3, -0.25) is 27.5 Å². The van der Waals surface area contributed by atoms with Crippen molar-refractivity contribution in [1.29, 1.82) is 0 Å². The number of rotatable bonds is 2. The van der Waals surface area contributed by atoms with Gasteiger partial charge in [-0.05, 0) is 0 Å². The molecule has 0 spiro atoms. The molecule has 3 aliphatic rings. The highest BCUT2D eigenvalue weighted by Crippen LogP contribution is 2.58. The van der Waals surface area contributed by atoms with Crippen LogP contribution in [0, 0.1) is 5.82 Å². The number of aliphatic hydroxyl groups excluding tert-OH is 1. The molecule has 242 valence electrons. The zero-order valence-corrected chi connectivity index (χ0v) is 25.0. The Bertz CT molecular complexity index is 1950. The monoisotopic (exact) mass is 694 g/mol. The molecular formula is C21H22F2N8O11P2S. The summed E-state index contributed by atoms with van der Waals surface area (Å²) in [4.78, 5) is 40.9. The van der Waals surface area contributed by atoms with Crippen LogP contribution in [0.3, 0.4) is 0 Å². The Morgan fingerprint density at radius 3 is 2.58 bits per heavy atom. The molecule has 3 aliphatic heterocycles. The summed E-state index contributed by atoms with van der Waals surface area (Å²) < 4.78 is 91.9. The number of H-pyrrole nitrogens is 1. The van der Waals surface area contributed by atoms with Gasteiger partial charge in [-0.1, -0.05) is 12.2 Å². The van der Waals surface area contributed by atoms with Gasteiger partial charge < -0.3 is 34.8 Å². The third-order valence-corrected chi connectivity index (χ3v) is 10.00. The molecule has 0 aliphatic carbocycles. The summed E-state index contributed by atoms with van der Waals surface area (Å²) in [6.07, 6.45) is -9.39. The maximum Gasteiger partial charge on any atom is 0.472 e. The summed E-state index contributed by atoms with van der Waals surface area (Å²) in [7, 11) is -5.16. The standard InChI is InChI=1S/C21H22F2N8O11P2S/c22-7-1-30(17-10(7)19(33)28-5-26-17)21-15-13(32)8(39-21)2-38-44(36,45)42-14-9(3-37-43(34,35)41-15)40-20(11(14)23)31-6-29-12-16(24)25-4-27-18(12)31/h1,4-6,8-9,11,13-15,20-21,32H,2-3H2,(H,34,35)(H,36,45)(H2,24,25,27)(H,26,28,33)/t8-,9-,11-,13-,14-,15-,20-,21-,44-/m1/s1. The van der Waals surface area contributed by atoms with Crippen molar-refractivity contribution in [2.24, 2.45) is 0 Å². The smallest absolute Gasteiger partial charge is 0.387 e. The number of alkyl halides is 1. The molecule has 0 aromatic carbocycles. The predicted octanol–water partition coefficient (Wildman–Crippen LogP) is 0.735. The van der Waals surface area contributed by atoms with Crippen molar-refractivity contribution in [3.63, 3.8) is 0 Å². The molecule has 0 saturated carbocycles. The van der Waals surface area contributed by atoms with E-state index in [4.69, 9.17) is 33.3 Å². The zero-order chi connectivity index (χ0) is 31.8. The first-order valence-electron chi connectivity index (χ1n) is 12.9. The van der Waals surface area contributed by atoms with Crippen LogP contribution in [-0.2, 0) is 36.7 Å². The number of ether oxygens (including phenoxy) is 2. The van der Waals surface area contributed by atoms with Crippen LogP contribution in [0.15, 0.2) is 30.0 Å². The van der Waals surface area contributed by atoms with E-state index in [0.717, 1.165) is 23.4 Å². The van der Waals surface area contributed by atoms with Gasteiger partial charge in [0, 0.05) is 6.20 Å². The number of phosphoric ester groups is 1. The van der Waals surface area contributed by atoms with E-state index >= 15 is 4.39 Å². The maximum atomic E-state index is 15.9. The molecular weight excluding hydrogens is 672 g/mol. The summed E-state index contributed by atoms with van der Waals surface area (Å²) >= 11 is 3.93. The Hall–Kier alpha value is -2.88. The summed E-state index contributed by atoms with van der Waals surface area (Å²) in [5, 5.41) is 10.5. The molecule has 4 aromatic heterocycles. The van der Waals surface area contributed by atoms with E-state index in [1.165, 1.54) is 10.9 Å². The SMILES string of the molecule is Nc1ncnc2c1ncn2[C@@H]1O[C@@H]2COP(=O)(O)O[C@@H]3[C@H](O)[C@@H](CO[P@@](=O)(S)O[C@H]2[C@H]1F)O[C@H]3n1cc(F)c2c(=O)[nH]cnc21. The third-order valence-electron chi connectivity index (χ3n) is 7.40. The minimum absolute atomic E-state index is 0.0106. The summed E-state index contributed by atoms with van der Waals surface area (Å²) in [6, 6.07) is 0. The highest BCUT2D eigenvalue weighted by Gasteiger charge is 2.54. The first kappa shape index (κ1) is 30.8. The summed E-state index contributed by atoms with van der Waals surface area (Å²) in [6.45, 7) is -6.09. The van der Waals surface area contributed by atoms with Crippen LogP contribution in [0.25, 0.3) is 22.2 Å². The third kappa shape index (κ3) is 5.38. The Balaban J connectivity index is 1.21. The molecule has 4 aromatic rings. The van der Waals surface area contributed by atoms with Gasteiger partial charge in [-0.2, -0.15) is 0 Å². The first-order chi connectivity index (χ1) is 21.3. The number of aromatic nitrogens is 7. The molecule has 7 rings (SSSR count). The van der Waals surface area contributed by atoms with E-state index in [1.807, 2.05) is 0 Å². The molecule has 3 fully saturated rings. The van der Waals surface area contributed by atoms with Crippen LogP contribution >= 0.6 is 26.9 Å². The van der Waals surface area contributed by atoms with Crippen molar-refractivity contribution in [2.75, 3.05) is 18.9 Å².